The fraction of sp³-hybridized carbons (Fsp3) is 0.133. The molecular weight excluding hydrogens is 266 g/mol. The van der Waals surface area contributed by atoms with Crippen molar-refractivity contribution < 1.29 is 4.79 Å². The van der Waals surface area contributed by atoms with E-state index in [1.165, 1.54) is 6.20 Å². The highest BCUT2D eigenvalue weighted by molar-refractivity contribution is 6.01. The third-order valence-corrected chi connectivity index (χ3v) is 2.64. The molecule has 0 atom stereocenters. The Balaban J connectivity index is 2.14. The van der Waals surface area contributed by atoms with Gasteiger partial charge in [0, 0.05) is 18.4 Å². The number of carbonyl (C=O) groups is 1. The Kier molecular flexibility index (Phi) is 4.72. The molecule has 2 aromatic rings. The summed E-state index contributed by atoms with van der Waals surface area (Å²) in [5.74, 6) is 0.528. The molecule has 2 rings (SSSR count). The van der Waals surface area contributed by atoms with E-state index in [2.05, 4.69) is 20.9 Å². The van der Waals surface area contributed by atoms with E-state index in [1.54, 1.807) is 18.2 Å². The second-order valence-electron chi connectivity index (χ2n) is 4.21. The second-order valence-corrected chi connectivity index (χ2v) is 4.21. The first-order valence-corrected chi connectivity index (χ1v) is 6.50. The van der Waals surface area contributed by atoms with E-state index in [-0.39, 0.29) is 0 Å². The van der Waals surface area contributed by atoms with Crippen LogP contribution in [0, 0.1) is 11.3 Å². The molecule has 0 aliphatic heterocycles. The van der Waals surface area contributed by atoms with Crippen LogP contribution < -0.4 is 16.0 Å². The molecule has 0 aliphatic carbocycles. The predicted molar refractivity (Wildman–Crippen MR) is 82.2 cm³/mol. The summed E-state index contributed by atoms with van der Waals surface area (Å²) in [7, 11) is 0. The minimum Gasteiger partial charge on any atom is -0.369 e. The molecule has 6 nitrogen and oxygen atoms in total. The Labute approximate surface area is 122 Å². The number of hydrogen-bond donors (Lipinski definition) is 3. The van der Waals surface area contributed by atoms with Crippen LogP contribution in [0.2, 0.25) is 0 Å². The van der Waals surface area contributed by atoms with E-state index in [4.69, 9.17) is 5.26 Å². The molecule has 1 heterocycles. The average molecular weight is 281 g/mol. The number of amides is 2. The number of anilines is 3. The van der Waals surface area contributed by atoms with Crippen molar-refractivity contribution in [2.45, 2.75) is 6.92 Å². The summed E-state index contributed by atoms with van der Waals surface area (Å²) in [5.41, 5.74) is 1.53. The monoisotopic (exact) mass is 281 g/mol. The fourth-order valence-electron chi connectivity index (χ4n) is 1.74. The average Bonchev–Trinajstić information content (AvgIpc) is 2.50. The van der Waals surface area contributed by atoms with Crippen molar-refractivity contribution >= 4 is 23.2 Å². The zero-order chi connectivity index (χ0) is 15.1. The maximum absolute atomic E-state index is 12.0. The summed E-state index contributed by atoms with van der Waals surface area (Å²) in [6, 6.07) is 12.3. The minimum absolute atomic E-state index is 0.381. The Bertz CT molecular complexity index is 664. The predicted octanol–water partition coefficient (Wildman–Crippen LogP) is 3.03. The maximum atomic E-state index is 12.0. The number of hydrogen-bond acceptors (Lipinski definition) is 4. The van der Waals surface area contributed by atoms with Crippen LogP contribution in [0.25, 0.3) is 0 Å². The summed E-state index contributed by atoms with van der Waals surface area (Å²) < 4.78 is 0. The van der Waals surface area contributed by atoms with Crippen molar-refractivity contribution in [3.63, 3.8) is 0 Å². The Hall–Kier alpha value is -3.07. The van der Waals surface area contributed by atoms with Crippen molar-refractivity contribution in [3.8, 4) is 6.07 Å². The number of nitriles is 1. The molecule has 106 valence electrons. The number of urea groups is 1. The number of nitrogens with one attached hydrogen (secondary N) is 3. The summed E-state index contributed by atoms with van der Waals surface area (Å²) >= 11 is 0. The van der Waals surface area contributed by atoms with Crippen LogP contribution in [0.1, 0.15) is 12.5 Å². The van der Waals surface area contributed by atoms with E-state index in [0.717, 1.165) is 0 Å². The number of para-hydroxylation sites is 1. The van der Waals surface area contributed by atoms with Crippen molar-refractivity contribution in [2.24, 2.45) is 0 Å². The maximum Gasteiger partial charge on any atom is 0.323 e. The molecule has 0 aliphatic rings. The lowest BCUT2D eigenvalue weighted by molar-refractivity contribution is 0.262. The van der Waals surface area contributed by atoms with Gasteiger partial charge in [-0.15, -0.1) is 0 Å². The van der Waals surface area contributed by atoms with Crippen LogP contribution in [-0.4, -0.2) is 17.6 Å². The van der Waals surface area contributed by atoms with Crippen LogP contribution in [0.5, 0.6) is 0 Å². The molecule has 0 radical (unpaired) electrons. The number of aromatic nitrogens is 1. The summed E-state index contributed by atoms with van der Waals surface area (Å²) in [5, 5.41) is 17.3. The van der Waals surface area contributed by atoms with Gasteiger partial charge >= 0.3 is 6.03 Å². The smallest absolute Gasteiger partial charge is 0.323 e. The molecule has 0 spiro atoms. The Morgan fingerprint density at radius 2 is 2.05 bits per heavy atom. The molecule has 0 unspecified atom stereocenters. The van der Waals surface area contributed by atoms with E-state index in [9.17, 15) is 4.79 Å². The van der Waals surface area contributed by atoms with Gasteiger partial charge in [0.2, 0.25) is 0 Å². The topological polar surface area (TPSA) is 89.8 Å². The summed E-state index contributed by atoms with van der Waals surface area (Å²) in [4.78, 5) is 16.1. The van der Waals surface area contributed by atoms with Gasteiger partial charge in [-0.2, -0.15) is 5.26 Å². The molecule has 0 fully saturated rings. The first-order chi connectivity index (χ1) is 10.2. The quantitative estimate of drug-likeness (QED) is 0.803. The van der Waals surface area contributed by atoms with E-state index in [0.29, 0.717) is 29.3 Å². The third kappa shape index (κ3) is 3.94. The molecular formula is C15H15N5O. The van der Waals surface area contributed by atoms with Gasteiger partial charge in [0.05, 0.1) is 11.3 Å². The molecule has 6 heteroatoms. The molecule has 1 aromatic carbocycles. The van der Waals surface area contributed by atoms with Crippen LogP contribution in [0.15, 0.2) is 42.6 Å². The second kappa shape index (κ2) is 6.91. The normalized spacial score (nSPS) is 9.52. The van der Waals surface area contributed by atoms with Crippen molar-refractivity contribution in [1.29, 1.82) is 5.26 Å². The van der Waals surface area contributed by atoms with Gasteiger partial charge in [0.25, 0.3) is 0 Å². The first-order valence-electron chi connectivity index (χ1n) is 6.50. The van der Waals surface area contributed by atoms with Gasteiger partial charge < -0.3 is 16.0 Å². The van der Waals surface area contributed by atoms with Gasteiger partial charge in [0.1, 0.15) is 11.9 Å². The molecule has 21 heavy (non-hydrogen) atoms. The van der Waals surface area contributed by atoms with E-state index >= 15 is 0 Å². The Morgan fingerprint density at radius 3 is 2.71 bits per heavy atom. The first kappa shape index (κ1) is 14.3. The molecule has 1 aromatic heterocycles. The van der Waals surface area contributed by atoms with Crippen molar-refractivity contribution in [3.05, 3.63) is 48.2 Å². The molecule has 3 N–H and O–H groups in total. The van der Waals surface area contributed by atoms with Crippen LogP contribution in [0.4, 0.5) is 22.0 Å². The van der Waals surface area contributed by atoms with Gasteiger partial charge in [0.15, 0.2) is 0 Å². The third-order valence-electron chi connectivity index (χ3n) is 2.64. The zero-order valence-corrected chi connectivity index (χ0v) is 11.6. The van der Waals surface area contributed by atoms with E-state index < -0.39 is 6.03 Å². The SMILES string of the molecule is CCNc1ncc(C#N)cc1NC(=O)Nc1ccccc1. The highest BCUT2D eigenvalue weighted by atomic mass is 16.2. The minimum atomic E-state index is -0.391. The lowest BCUT2D eigenvalue weighted by Gasteiger charge is -2.12. The molecule has 2 amide bonds. The highest BCUT2D eigenvalue weighted by Crippen LogP contribution is 2.20. The van der Waals surface area contributed by atoms with Crippen LogP contribution in [-0.2, 0) is 0 Å². The fourth-order valence-corrected chi connectivity index (χ4v) is 1.74. The largest absolute Gasteiger partial charge is 0.369 e. The van der Waals surface area contributed by atoms with Crippen LogP contribution >= 0.6 is 0 Å². The number of pyridine rings is 1. The van der Waals surface area contributed by atoms with Gasteiger partial charge in [-0.25, -0.2) is 9.78 Å². The van der Waals surface area contributed by atoms with Gasteiger partial charge in [-0.05, 0) is 25.1 Å². The highest BCUT2D eigenvalue weighted by Gasteiger charge is 2.09. The zero-order valence-electron chi connectivity index (χ0n) is 11.6. The standard InChI is InChI=1S/C15H15N5O/c1-2-17-14-13(8-11(9-16)10-18-14)20-15(21)19-12-6-4-3-5-7-12/h3-8,10H,2H2,1H3,(H,17,18)(H2,19,20,21). The van der Waals surface area contributed by atoms with Gasteiger partial charge in [-0.3, -0.25) is 0 Å². The lowest BCUT2D eigenvalue weighted by Crippen LogP contribution is -2.20. The number of rotatable bonds is 4. The number of benzene rings is 1. The number of nitrogens with zero attached hydrogens (tertiary/aromatic N) is 2. The summed E-state index contributed by atoms with van der Waals surface area (Å²) in [6.45, 7) is 2.58. The Morgan fingerprint density at radius 1 is 1.29 bits per heavy atom. The lowest BCUT2D eigenvalue weighted by atomic mass is 10.2. The van der Waals surface area contributed by atoms with Crippen molar-refractivity contribution in [2.75, 3.05) is 22.5 Å². The van der Waals surface area contributed by atoms with E-state index in [1.807, 2.05) is 31.2 Å². The number of carbonyl (C=O) groups excluding carboxylic acids is 1. The molecule has 0 bridgehead atoms. The molecule has 0 saturated carbocycles. The van der Waals surface area contributed by atoms with Crippen molar-refractivity contribution in [1.82, 2.24) is 4.98 Å². The van der Waals surface area contributed by atoms with Gasteiger partial charge in [-0.1, -0.05) is 18.2 Å². The van der Waals surface area contributed by atoms with Crippen LogP contribution in [0.3, 0.4) is 0 Å². The summed E-state index contributed by atoms with van der Waals surface area (Å²) in [6.07, 6.45) is 1.46. The molecule has 0 saturated heterocycles.